The van der Waals surface area contributed by atoms with Crippen molar-refractivity contribution in [2.75, 3.05) is 5.73 Å². The average molecular weight is 276 g/mol. The monoisotopic (exact) mass is 275 g/mol. The Morgan fingerprint density at radius 1 is 1.40 bits per heavy atom. The molecule has 0 bridgehead atoms. The molecule has 1 aromatic heterocycles. The van der Waals surface area contributed by atoms with Gasteiger partial charge < -0.3 is 22.7 Å². The van der Waals surface area contributed by atoms with Crippen LogP contribution in [0, 0.1) is 0 Å². The van der Waals surface area contributed by atoms with Gasteiger partial charge in [0, 0.05) is 6.07 Å². The Balaban J connectivity index is 0.00000196. The van der Waals surface area contributed by atoms with Crippen molar-refractivity contribution in [2.24, 2.45) is 0 Å². The third kappa shape index (κ3) is 4.97. The van der Waals surface area contributed by atoms with Gasteiger partial charge in [-0.3, -0.25) is 0 Å². The second-order valence-electron chi connectivity index (χ2n) is 3.46. The van der Waals surface area contributed by atoms with Gasteiger partial charge in [-0.1, -0.05) is 19.8 Å². The first kappa shape index (κ1) is 14.2. The summed E-state index contributed by atoms with van der Waals surface area (Å²) in [4.78, 5) is 13.9. The van der Waals surface area contributed by atoms with Crippen molar-refractivity contribution >= 4 is 5.82 Å². The van der Waals surface area contributed by atoms with Crippen molar-refractivity contribution in [3.63, 3.8) is 0 Å². The lowest BCUT2D eigenvalue weighted by atomic mass is 10.2. The summed E-state index contributed by atoms with van der Waals surface area (Å²) in [6.45, 7) is 2.94. The fourth-order valence-corrected chi connectivity index (χ4v) is 1.36. The van der Waals surface area contributed by atoms with Crippen LogP contribution in [0.4, 0.5) is 5.82 Å². The third-order valence-corrected chi connectivity index (χ3v) is 2.20. The quantitative estimate of drug-likeness (QED) is 0.475. The summed E-state index contributed by atoms with van der Waals surface area (Å²) < 4.78 is 1.66. The minimum absolute atomic E-state index is 0. The lowest BCUT2D eigenvalue weighted by Crippen LogP contribution is -3.00. The summed E-state index contributed by atoms with van der Waals surface area (Å²) >= 11 is 0. The molecule has 0 aromatic carbocycles. The molecule has 0 aliphatic carbocycles. The van der Waals surface area contributed by atoms with Crippen molar-refractivity contribution in [1.82, 2.24) is 4.98 Å². The number of rotatable bonds is 5. The highest BCUT2D eigenvalue weighted by molar-refractivity contribution is 5.21. The summed E-state index contributed by atoms with van der Waals surface area (Å²) in [6.07, 6.45) is 6.40. The van der Waals surface area contributed by atoms with Crippen molar-refractivity contribution in [3.05, 3.63) is 22.7 Å². The van der Waals surface area contributed by atoms with E-state index in [4.69, 9.17) is 5.73 Å². The zero-order valence-electron chi connectivity index (χ0n) is 9.00. The van der Waals surface area contributed by atoms with Crippen LogP contribution in [0.3, 0.4) is 0 Å². The number of unbranched alkanes of at least 4 members (excludes halogenated alkanes) is 3. The maximum atomic E-state index is 11.3. The number of aryl methyl sites for hydroxylation is 1. The molecule has 15 heavy (non-hydrogen) atoms. The second-order valence-corrected chi connectivity index (χ2v) is 3.46. The highest BCUT2D eigenvalue weighted by Gasteiger charge is 2.03. The minimum Gasteiger partial charge on any atom is -1.00 e. The Kier molecular flexibility index (Phi) is 7.03. The van der Waals surface area contributed by atoms with Crippen LogP contribution < -0.4 is 33.0 Å². The molecule has 0 atom stereocenters. The van der Waals surface area contributed by atoms with Crippen LogP contribution >= 0.6 is 0 Å². The molecule has 0 saturated heterocycles. The first-order chi connectivity index (χ1) is 6.74. The molecule has 4 nitrogen and oxygen atoms in total. The number of nitrogens with two attached hydrogens (primary N) is 1. The van der Waals surface area contributed by atoms with Crippen LogP contribution in [0.15, 0.2) is 17.1 Å². The fraction of sp³-hybridized carbons (Fsp3) is 0.600. The third-order valence-electron chi connectivity index (χ3n) is 2.20. The molecule has 0 aliphatic heterocycles. The summed E-state index contributed by atoms with van der Waals surface area (Å²) in [6, 6.07) is 1.71. The highest BCUT2D eigenvalue weighted by atomic mass is 79.9. The van der Waals surface area contributed by atoms with Gasteiger partial charge in [-0.15, -0.1) is 0 Å². The van der Waals surface area contributed by atoms with Crippen LogP contribution in [0.5, 0.6) is 0 Å². The molecule has 0 spiro atoms. The Labute approximate surface area is 100 Å². The molecule has 0 fully saturated rings. The Morgan fingerprint density at radius 3 is 2.73 bits per heavy atom. The zero-order valence-corrected chi connectivity index (χ0v) is 10.6. The molecule has 1 aromatic rings. The molecule has 0 radical (unpaired) electrons. The van der Waals surface area contributed by atoms with E-state index in [2.05, 4.69) is 11.9 Å². The summed E-state index contributed by atoms with van der Waals surface area (Å²) in [5.41, 5.74) is 5.31. The molecular formula is C10H18BrN3O. The van der Waals surface area contributed by atoms with E-state index in [9.17, 15) is 4.79 Å². The lowest BCUT2D eigenvalue weighted by Gasteiger charge is -1.98. The van der Waals surface area contributed by atoms with Crippen LogP contribution in [0.2, 0.25) is 0 Å². The maximum Gasteiger partial charge on any atom is 0.497 e. The van der Waals surface area contributed by atoms with E-state index in [1.807, 2.05) is 0 Å². The van der Waals surface area contributed by atoms with E-state index in [0.717, 1.165) is 13.0 Å². The lowest BCUT2D eigenvalue weighted by molar-refractivity contribution is -0.714. The smallest absolute Gasteiger partial charge is 0.497 e. The molecule has 5 heteroatoms. The number of aromatic nitrogens is 2. The van der Waals surface area contributed by atoms with Crippen molar-refractivity contribution in [3.8, 4) is 0 Å². The number of nitrogens with zero attached hydrogens (tertiary/aromatic N) is 1. The van der Waals surface area contributed by atoms with Gasteiger partial charge in [-0.05, 0) is 12.8 Å². The Morgan fingerprint density at radius 2 is 2.13 bits per heavy atom. The van der Waals surface area contributed by atoms with E-state index in [0.29, 0.717) is 5.82 Å². The Hall–Kier alpha value is -0.840. The van der Waals surface area contributed by atoms with Gasteiger partial charge in [-0.2, -0.15) is 14.3 Å². The van der Waals surface area contributed by atoms with E-state index in [1.54, 1.807) is 16.8 Å². The van der Waals surface area contributed by atoms with E-state index >= 15 is 0 Å². The molecular weight excluding hydrogens is 258 g/mol. The number of H-pyrrole nitrogens is 1. The van der Waals surface area contributed by atoms with Gasteiger partial charge in [0.2, 0.25) is 0 Å². The van der Waals surface area contributed by atoms with Crippen molar-refractivity contribution in [2.45, 2.75) is 39.2 Å². The molecule has 0 saturated carbocycles. The highest BCUT2D eigenvalue weighted by Crippen LogP contribution is 1.97. The summed E-state index contributed by atoms with van der Waals surface area (Å²) in [5.74, 6) is 0.416. The minimum atomic E-state index is -0.124. The van der Waals surface area contributed by atoms with E-state index < -0.39 is 0 Å². The fourth-order valence-electron chi connectivity index (χ4n) is 1.36. The number of nitrogens with one attached hydrogen (secondary N) is 1. The second kappa shape index (κ2) is 7.45. The van der Waals surface area contributed by atoms with Crippen LogP contribution in [-0.4, -0.2) is 4.98 Å². The normalized spacial score (nSPS) is 9.67. The SMILES string of the molecule is CCCCCC[n+]1ccc(N)[nH]c1=O.[Br-]. The molecule has 1 heterocycles. The molecule has 0 unspecified atom stereocenters. The first-order valence-corrected chi connectivity index (χ1v) is 5.12. The number of hydrogen-bond acceptors (Lipinski definition) is 2. The van der Waals surface area contributed by atoms with Gasteiger partial charge in [0.15, 0.2) is 5.82 Å². The van der Waals surface area contributed by atoms with E-state index in [1.165, 1.54) is 19.3 Å². The van der Waals surface area contributed by atoms with Gasteiger partial charge >= 0.3 is 5.69 Å². The van der Waals surface area contributed by atoms with Crippen LogP contribution in [0.25, 0.3) is 0 Å². The standard InChI is InChI=1S/C10H17N3O.BrH/c1-2-3-4-5-7-13-8-6-9(11)12-10(13)14;/h6,8H,2-5,7H2,1H3,(H2,11,12,14);1H. The molecule has 3 N–H and O–H groups in total. The number of hydrogen-bond donors (Lipinski definition) is 2. The average Bonchev–Trinajstić information content (AvgIpc) is 2.15. The zero-order chi connectivity index (χ0) is 10.4. The van der Waals surface area contributed by atoms with E-state index in [-0.39, 0.29) is 22.7 Å². The summed E-state index contributed by atoms with van der Waals surface area (Å²) in [7, 11) is 0. The first-order valence-electron chi connectivity index (χ1n) is 5.12. The summed E-state index contributed by atoms with van der Waals surface area (Å²) in [5, 5.41) is 0. The molecule has 0 aliphatic rings. The van der Waals surface area contributed by atoms with Gasteiger partial charge in [0.25, 0.3) is 0 Å². The van der Waals surface area contributed by atoms with Crippen molar-refractivity contribution < 1.29 is 21.5 Å². The van der Waals surface area contributed by atoms with Gasteiger partial charge in [0.1, 0.15) is 0 Å². The molecule has 1 rings (SSSR count). The van der Waals surface area contributed by atoms with Crippen LogP contribution in [-0.2, 0) is 6.54 Å². The largest absolute Gasteiger partial charge is 1.00 e. The topological polar surface area (TPSA) is 62.8 Å². The van der Waals surface area contributed by atoms with Crippen LogP contribution in [0.1, 0.15) is 32.6 Å². The maximum absolute atomic E-state index is 11.3. The predicted molar refractivity (Wildman–Crippen MR) is 55.8 cm³/mol. The number of halogens is 1. The Bertz CT molecular complexity index is 338. The van der Waals surface area contributed by atoms with Gasteiger partial charge in [0.05, 0.1) is 12.7 Å². The number of aromatic amines is 1. The molecule has 86 valence electrons. The van der Waals surface area contributed by atoms with Crippen molar-refractivity contribution in [1.29, 1.82) is 0 Å². The number of anilines is 1. The van der Waals surface area contributed by atoms with Gasteiger partial charge in [-0.25, -0.2) is 0 Å². The number of nitrogen functional groups attached to an aromatic ring is 1. The molecule has 0 amide bonds. The predicted octanol–water partition coefficient (Wildman–Crippen LogP) is -2.17.